The van der Waals surface area contributed by atoms with Gasteiger partial charge in [-0.2, -0.15) is 0 Å². The van der Waals surface area contributed by atoms with E-state index in [0.29, 0.717) is 4.88 Å². The zero-order valence-corrected chi connectivity index (χ0v) is 19.9. The first-order valence-corrected chi connectivity index (χ1v) is 12.9. The number of carboxylic acid groups (broad SMARTS) is 1. The fraction of sp³-hybridized carbons (Fsp3) is 0.192. The molecule has 0 saturated heterocycles. The van der Waals surface area contributed by atoms with Crippen molar-refractivity contribution in [1.29, 1.82) is 0 Å². The minimum atomic E-state index is -3.78. The average Bonchev–Trinajstić information content (AvgIpc) is 3.40. The van der Waals surface area contributed by atoms with Gasteiger partial charge in [-0.25, -0.2) is 8.42 Å². The molecule has 0 fully saturated rings. The number of carbonyl (C=O) groups is 1. The molecule has 4 rings (SSSR count). The molecule has 2 heterocycles. The van der Waals surface area contributed by atoms with E-state index in [1.165, 1.54) is 6.07 Å². The summed E-state index contributed by atoms with van der Waals surface area (Å²) in [6, 6.07) is 16.8. The molecule has 0 bridgehead atoms. The van der Waals surface area contributed by atoms with Crippen LogP contribution in [0.1, 0.15) is 27.1 Å². The lowest BCUT2D eigenvalue weighted by atomic mass is 10.00. The number of aromatic nitrogens is 1. The summed E-state index contributed by atoms with van der Waals surface area (Å²) in [6.45, 7) is 3.96. The molecular weight excluding hydrogens is 454 g/mol. The predicted molar refractivity (Wildman–Crippen MR) is 131 cm³/mol. The molecule has 33 heavy (non-hydrogen) atoms. The molecule has 2 aromatic heterocycles. The van der Waals surface area contributed by atoms with Crippen LogP contribution in [-0.2, 0) is 21.1 Å². The van der Waals surface area contributed by atoms with Crippen molar-refractivity contribution in [3.8, 4) is 11.8 Å². The Kier molecular flexibility index (Phi) is 6.41. The second-order valence-electron chi connectivity index (χ2n) is 8.12. The maximum Gasteiger partial charge on any atom is 0.307 e. The van der Waals surface area contributed by atoms with Gasteiger partial charge in [0.15, 0.2) is 9.84 Å². The maximum atomic E-state index is 13.0. The highest BCUT2D eigenvalue weighted by atomic mass is 32.2. The predicted octanol–water partition coefficient (Wildman–Crippen LogP) is 4.96. The standard InChI is InChI=1S/C26H23NO4S2/c1-17-3-6-19(7-4-17)8-9-22-10-12-25(32-22)33(30,31)16-21(26(28)29)14-20-15-27-24-11-5-18(2)13-23(20)24/h3-7,10-13,15,21,27H,14,16H2,1-2H3,(H,28,29)/t21-/m0/s1. The molecule has 168 valence electrons. The molecule has 0 aliphatic heterocycles. The van der Waals surface area contributed by atoms with E-state index < -0.39 is 27.5 Å². The van der Waals surface area contributed by atoms with E-state index in [9.17, 15) is 18.3 Å². The SMILES string of the molecule is Cc1ccc(C#Cc2ccc(S(=O)(=O)C[C@H](Cc3c[nH]c4ccc(C)cc34)C(=O)O)s2)cc1. The molecule has 1 atom stereocenters. The number of rotatable bonds is 6. The van der Waals surface area contributed by atoms with Gasteiger partial charge < -0.3 is 10.1 Å². The molecule has 0 amide bonds. The van der Waals surface area contributed by atoms with Gasteiger partial charge in [-0.1, -0.05) is 41.2 Å². The molecule has 5 nitrogen and oxygen atoms in total. The summed E-state index contributed by atoms with van der Waals surface area (Å²) in [7, 11) is -3.78. The van der Waals surface area contributed by atoms with Crippen molar-refractivity contribution in [2.75, 3.05) is 5.75 Å². The van der Waals surface area contributed by atoms with Gasteiger partial charge in [0, 0.05) is 22.7 Å². The number of thiophene rings is 1. The molecule has 0 saturated carbocycles. The lowest BCUT2D eigenvalue weighted by molar-refractivity contribution is -0.140. The van der Waals surface area contributed by atoms with E-state index in [4.69, 9.17) is 0 Å². The number of hydrogen-bond donors (Lipinski definition) is 2. The molecule has 2 aromatic carbocycles. The minimum absolute atomic E-state index is 0.128. The van der Waals surface area contributed by atoms with Crippen molar-refractivity contribution in [2.24, 2.45) is 5.92 Å². The Balaban J connectivity index is 1.53. The third-order valence-corrected chi connectivity index (χ3v) is 8.83. The minimum Gasteiger partial charge on any atom is -0.481 e. The van der Waals surface area contributed by atoms with Gasteiger partial charge in [0.25, 0.3) is 0 Å². The number of aliphatic carboxylic acids is 1. The lowest BCUT2D eigenvalue weighted by Gasteiger charge is -2.12. The van der Waals surface area contributed by atoms with Gasteiger partial charge in [0.2, 0.25) is 0 Å². The quantitative estimate of drug-likeness (QED) is 0.384. The van der Waals surface area contributed by atoms with Crippen molar-refractivity contribution in [3.05, 3.63) is 87.9 Å². The first kappa shape index (κ1) is 22.8. The molecule has 0 radical (unpaired) electrons. The van der Waals surface area contributed by atoms with Gasteiger partial charge in [0.05, 0.1) is 16.5 Å². The molecule has 2 N–H and O–H groups in total. The topological polar surface area (TPSA) is 87.2 Å². The van der Waals surface area contributed by atoms with Gasteiger partial charge in [0.1, 0.15) is 4.21 Å². The van der Waals surface area contributed by atoms with Crippen LogP contribution in [0.25, 0.3) is 10.9 Å². The highest BCUT2D eigenvalue weighted by Crippen LogP contribution is 2.27. The van der Waals surface area contributed by atoms with Crippen LogP contribution in [0.5, 0.6) is 0 Å². The highest BCUT2D eigenvalue weighted by Gasteiger charge is 2.28. The molecule has 0 aliphatic carbocycles. The molecular formula is C26H23NO4S2. The van der Waals surface area contributed by atoms with Gasteiger partial charge in [-0.05, 0) is 62.2 Å². The number of aryl methyl sites for hydroxylation is 2. The summed E-state index contributed by atoms with van der Waals surface area (Å²) >= 11 is 1.07. The largest absolute Gasteiger partial charge is 0.481 e. The number of carboxylic acids is 1. The number of sulfone groups is 1. The summed E-state index contributed by atoms with van der Waals surface area (Å²) in [6.07, 6.45) is 1.89. The average molecular weight is 478 g/mol. The van der Waals surface area contributed by atoms with Crippen molar-refractivity contribution in [2.45, 2.75) is 24.5 Å². The number of aromatic amines is 1. The molecule has 0 unspecified atom stereocenters. The second-order valence-corrected chi connectivity index (χ2v) is 11.5. The van der Waals surface area contributed by atoms with E-state index in [2.05, 4.69) is 16.8 Å². The Hall–Kier alpha value is -3.34. The zero-order chi connectivity index (χ0) is 23.6. The third-order valence-electron chi connectivity index (χ3n) is 5.43. The van der Waals surface area contributed by atoms with Crippen LogP contribution in [0, 0.1) is 31.6 Å². The molecule has 7 heteroatoms. The summed E-state index contributed by atoms with van der Waals surface area (Å²) < 4.78 is 26.2. The fourth-order valence-electron chi connectivity index (χ4n) is 3.62. The summed E-state index contributed by atoms with van der Waals surface area (Å²) in [5, 5.41) is 10.7. The van der Waals surface area contributed by atoms with Crippen molar-refractivity contribution >= 4 is 38.0 Å². The number of H-pyrrole nitrogens is 1. The molecule has 4 aromatic rings. The van der Waals surface area contributed by atoms with E-state index in [1.54, 1.807) is 12.3 Å². The molecule has 0 aliphatic rings. The van der Waals surface area contributed by atoms with Crippen molar-refractivity contribution < 1.29 is 18.3 Å². The Morgan fingerprint density at radius 2 is 1.76 bits per heavy atom. The number of benzene rings is 2. The monoisotopic (exact) mass is 477 g/mol. The van der Waals surface area contributed by atoms with Gasteiger partial charge in [-0.15, -0.1) is 11.3 Å². The lowest BCUT2D eigenvalue weighted by Crippen LogP contribution is -2.25. The van der Waals surface area contributed by atoms with E-state index in [1.807, 2.05) is 56.3 Å². The van der Waals surface area contributed by atoms with Crippen LogP contribution >= 0.6 is 11.3 Å². The normalized spacial score (nSPS) is 12.3. The highest BCUT2D eigenvalue weighted by molar-refractivity contribution is 7.93. The van der Waals surface area contributed by atoms with Gasteiger partial charge >= 0.3 is 5.97 Å². The smallest absolute Gasteiger partial charge is 0.307 e. The van der Waals surface area contributed by atoms with E-state index in [0.717, 1.165) is 44.5 Å². The zero-order valence-electron chi connectivity index (χ0n) is 18.3. The van der Waals surface area contributed by atoms with Crippen LogP contribution in [0.4, 0.5) is 0 Å². The first-order chi connectivity index (χ1) is 15.7. The maximum absolute atomic E-state index is 13.0. The number of nitrogens with one attached hydrogen (secondary N) is 1. The van der Waals surface area contributed by atoms with Crippen molar-refractivity contribution in [3.63, 3.8) is 0 Å². The Morgan fingerprint density at radius 1 is 1.03 bits per heavy atom. The summed E-state index contributed by atoms with van der Waals surface area (Å²) in [4.78, 5) is 15.7. The second kappa shape index (κ2) is 9.26. The summed E-state index contributed by atoms with van der Waals surface area (Å²) in [5.74, 6) is 3.37. The van der Waals surface area contributed by atoms with Crippen LogP contribution in [0.15, 0.2) is 65.0 Å². The van der Waals surface area contributed by atoms with Crippen LogP contribution in [-0.4, -0.2) is 30.2 Å². The Bertz CT molecular complexity index is 1480. The van der Waals surface area contributed by atoms with E-state index >= 15 is 0 Å². The van der Waals surface area contributed by atoms with E-state index in [-0.39, 0.29) is 10.6 Å². The number of fused-ring (bicyclic) bond motifs is 1. The van der Waals surface area contributed by atoms with Crippen LogP contribution in [0.3, 0.4) is 0 Å². The summed E-state index contributed by atoms with van der Waals surface area (Å²) in [5.41, 5.74) is 4.74. The van der Waals surface area contributed by atoms with Crippen LogP contribution < -0.4 is 0 Å². The Morgan fingerprint density at radius 3 is 2.48 bits per heavy atom. The Labute approximate surface area is 197 Å². The first-order valence-electron chi connectivity index (χ1n) is 10.4. The number of hydrogen-bond acceptors (Lipinski definition) is 4. The molecule has 0 spiro atoms. The fourth-order valence-corrected chi connectivity index (χ4v) is 6.42. The van der Waals surface area contributed by atoms with Crippen molar-refractivity contribution in [1.82, 2.24) is 4.98 Å². The van der Waals surface area contributed by atoms with Crippen LogP contribution in [0.2, 0.25) is 0 Å². The van der Waals surface area contributed by atoms with Gasteiger partial charge in [-0.3, -0.25) is 4.79 Å². The third kappa shape index (κ3) is 5.36.